The van der Waals surface area contributed by atoms with Gasteiger partial charge in [-0.3, -0.25) is 4.79 Å². The third-order valence-electron chi connectivity index (χ3n) is 4.55. The van der Waals surface area contributed by atoms with Gasteiger partial charge in [0.2, 0.25) is 0 Å². The number of aromatic nitrogens is 1. The third kappa shape index (κ3) is 3.36. The molecule has 25 heavy (non-hydrogen) atoms. The summed E-state index contributed by atoms with van der Waals surface area (Å²) < 4.78 is 19.8. The highest BCUT2D eigenvalue weighted by Crippen LogP contribution is 2.26. The quantitative estimate of drug-likeness (QED) is 0.802. The van der Waals surface area contributed by atoms with E-state index in [0.717, 1.165) is 6.42 Å². The molecule has 4 heterocycles. The van der Waals surface area contributed by atoms with Crippen molar-refractivity contribution in [1.29, 1.82) is 0 Å². The molecule has 1 fully saturated rings. The van der Waals surface area contributed by atoms with Crippen molar-refractivity contribution in [2.45, 2.75) is 19.1 Å². The molecule has 132 valence electrons. The van der Waals surface area contributed by atoms with Crippen molar-refractivity contribution in [2.75, 3.05) is 31.1 Å². The fourth-order valence-electron chi connectivity index (χ4n) is 3.27. The Bertz CT molecular complexity index is 800. The molecule has 1 saturated heterocycles. The van der Waals surface area contributed by atoms with Gasteiger partial charge in [-0.2, -0.15) is 0 Å². The van der Waals surface area contributed by atoms with E-state index in [1.54, 1.807) is 16.2 Å². The number of pyridine rings is 1. The number of nitrogens with zero attached hydrogens (tertiary/aromatic N) is 3. The fraction of sp³-hybridized carbons (Fsp3) is 0.412. The molecule has 0 spiro atoms. The van der Waals surface area contributed by atoms with Gasteiger partial charge in [-0.25, -0.2) is 9.37 Å². The van der Waals surface area contributed by atoms with E-state index in [0.29, 0.717) is 26.2 Å². The fourth-order valence-corrected chi connectivity index (χ4v) is 4.31. The van der Waals surface area contributed by atoms with E-state index < -0.39 is 11.9 Å². The number of hydrogen-bond acceptors (Lipinski definition) is 5. The predicted octanol–water partition coefficient (Wildman–Crippen LogP) is 2.73. The molecule has 1 amide bonds. The standard InChI is InChI=1S/C17H17ClFN3O2S/c18-12-7-13(19)16(20-8-12)21-4-5-24-14(10-21)17(23)22-3-1-15-11(9-22)2-6-25-15/h2,6-8,14H,1,3-5,9-10H2. The van der Waals surface area contributed by atoms with Crippen LogP contribution in [0.4, 0.5) is 10.2 Å². The minimum absolute atomic E-state index is 0.0454. The molecule has 4 rings (SSSR count). The molecular weight excluding hydrogens is 365 g/mol. The second-order valence-electron chi connectivity index (χ2n) is 6.14. The van der Waals surface area contributed by atoms with Crippen molar-refractivity contribution in [1.82, 2.24) is 9.88 Å². The van der Waals surface area contributed by atoms with Crippen LogP contribution in [0.25, 0.3) is 0 Å². The van der Waals surface area contributed by atoms with Gasteiger partial charge >= 0.3 is 0 Å². The number of fused-ring (bicyclic) bond motifs is 1. The van der Waals surface area contributed by atoms with Crippen LogP contribution >= 0.6 is 22.9 Å². The molecule has 8 heteroatoms. The molecule has 2 aromatic heterocycles. The van der Waals surface area contributed by atoms with Crippen molar-refractivity contribution in [2.24, 2.45) is 0 Å². The smallest absolute Gasteiger partial charge is 0.253 e. The lowest BCUT2D eigenvalue weighted by molar-refractivity contribution is -0.145. The summed E-state index contributed by atoms with van der Waals surface area (Å²) in [6.07, 6.45) is 1.68. The van der Waals surface area contributed by atoms with Crippen LogP contribution in [0, 0.1) is 5.82 Å². The van der Waals surface area contributed by atoms with Crippen LogP contribution in [-0.4, -0.2) is 48.1 Å². The largest absolute Gasteiger partial charge is 0.365 e. The lowest BCUT2D eigenvalue weighted by Crippen LogP contribution is -2.52. The Hall–Kier alpha value is -1.70. The van der Waals surface area contributed by atoms with Gasteiger partial charge in [-0.05, 0) is 29.5 Å². The maximum atomic E-state index is 14.1. The van der Waals surface area contributed by atoms with E-state index in [1.165, 1.54) is 22.7 Å². The number of rotatable bonds is 2. The average molecular weight is 382 g/mol. The van der Waals surface area contributed by atoms with E-state index >= 15 is 0 Å². The molecule has 0 radical (unpaired) electrons. The first-order valence-corrected chi connectivity index (χ1v) is 9.39. The van der Waals surface area contributed by atoms with Crippen LogP contribution in [0.2, 0.25) is 5.02 Å². The van der Waals surface area contributed by atoms with Gasteiger partial charge in [0.1, 0.15) is 0 Å². The number of carbonyl (C=O) groups excluding carboxylic acids is 1. The topological polar surface area (TPSA) is 45.7 Å². The van der Waals surface area contributed by atoms with Gasteiger partial charge in [0, 0.05) is 30.7 Å². The summed E-state index contributed by atoms with van der Waals surface area (Å²) in [5.41, 5.74) is 1.21. The number of amides is 1. The molecule has 2 aliphatic rings. The zero-order valence-electron chi connectivity index (χ0n) is 13.5. The van der Waals surface area contributed by atoms with Crippen LogP contribution in [-0.2, 0) is 22.5 Å². The van der Waals surface area contributed by atoms with Crippen molar-refractivity contribution in [3.05, 3.63) is 45.0 Å². The predicted molar refractivity (Wildman–Crippen MR) is 94.6 cm³/mol. The Kier molecular flexibility index (Phi) is 4.62. The van der Waals surface area contributed by atoms with E-state index in [-0.39, 0.29) is 23.3 Å². The average Bonchev–Trinajstić information content (AvgIpc) is 3.09. The van der Waals surface area contributed by atoms with E-state index in [9.17, 15) is 9.18 Å². The van der Waals surface area contributed by atoms with Gasteiger partial charge in [-0.1, -0.05) is 11.6 Å². The van der Waals surface area contributed by atoms with Crippen LogP contribution in [0.5, 0.6) is 0 Å². The number of morpholine rings is 1. The van der Waals surface area contributed by atoms with E-state index in [1.807, 2.05) is 4.90 Å². The highest BCUT2D eigenvalue weighted by molar-refractivity contribution is 7.10. The molecule has 5 nitrogen and oxygen atoms in total. The minimum atomic E-state index is -0.606. The summed E-state index contributed by atoms with van der Waals surface area (Å²) in [7, 11) is 0. The molecule has 0 aromatic carbocycles. The number of carbonyl (C=O) groups is 1. The molecule has 1 unspecified atom stereocenters. The molecular formula is C17H17ClFN3O2S. The van der Waals surface area contributed by atoms with Crippen LogP contribution < -0.4 is 4.90 Å². The van der Waals surface area contributed by atoms with Crippen molar-refractivity contribution < 1.29 is 13.9 Å². The second-order valence-corrected chi connectivity index (χ2v) is 7.58. The third-order valence-corrected chi connectivity index (χ3v) is 5.78. The zero-order chi connectivity index (χ0) is 17.4. The van der Waals surface area contributed by atoms with Crippen molar-refractivity contribution in [3.63, 3.8) is 0 Å². The lowest BCUT2D eigenvalue weighted by atomic mass is 10.1. The molecule has 2 aromatic rings. The lowest BCUT2D eigenvalue weighted by Gasteiger charge is -2.36. The van der Waals surface area contributed by atoms with Gasteiger partial charge in [0.25, 0.3) is 5.91 Å². The molecule has 0 bridgehead atoms. The Balaban J connectivity index is 1.47. The summed E-state index contributed by atoms with van der Waals surface area (Å²) in [4.78, 5) is 21.8. The first-order chi connectivity index (χ1) is 12.1. The molecule has 0 saturated carbocycles. The number of halogens is 2. The van der Waals surface area contributed by atoms with Gasteiger partial charge in [-0.15, -0.1) is 11.3 Å². The Labute approximate surface area is 154 Å². The number of hydrogen-bond donors (Lipinski definition) is 0. The van der Waals surface area contributed by atoms with Crippen LogP contribution in [0.15, 0.2) is 23.7 Å². The zero-order valence-corrected chi connectivity index (χ0v) is 15.0. The molecule has 0 aliphatic carbocycles. The normalized spacial score (nSPS) is 20.5. The summed E-state index contributed by atoms with van der Waals surface area (Å²) in [5, 5.41) is 2.31. The summed E-state index contributed by atoms with van der Waals surface area (Å²) >= 11 is 7.50. The van der Waals surface area contributed by atoms with E-state index in [2.05, 4.69) is 16.4 Å². The number of anilines is 1. The van der Waals surface area contributed by atoms with Gasteiger partial charge in [0.05, 0.1) is 18.2 Å². The monoisotopic (exact) mass is 381 g/mol. The minimum Gasteiger partial charge on any atom is -0.365 e. The van der Waals surface area contributed by atoms with Crippen LogP contribution in [0.1, 0.15) is 10.4 Å². The Morgan fingerprint density at radius 3 is 3.16 bits per heavy atom. The first kappa shape index (κ1) is 16.8. The van der Waals surface area contributed by atoms with Crippen LogP contribution in [0.3, 0.4) is 0 Å². The van der Waals surface area contributed by atoms with Gasteiger partial charge in [0.15, 0.2) is 17.7 Å². The maximum absolute atomic E-state index is 14.1. The molecule has 0 N–H and O–H groups in total. The summed E-state index contributed by atoms with van der Waals surface area (Å²) in [5.74, 6) is -0.318. The highest BCUT2D eigenvalue weighted by atomic mass is 35.5. The Morgan fingerprint density at radius 2 is 2.32 bits per heavy atom. The summed E-state index contributed by atoms with van der Waals surface area (Å²) in [6.45, 7) is 2.45. The maximum Gasteiger partial charge on any atom is 0.253 e. The number of ether oxygens (including phenoxy) is 1. The van der Waals surface area contributed by atoms with Crippen molar-refractivity contribution in [3.8, 4) is 0 Å². The molecule has 2 aliphatic heterocycles. The first-order valence-electron chi connectivity index (χ1n) is 8.13. The van der Waals surface area contributed by atoms with Crippen molar-refractivity contribution >= 4 is 34.7 Å². The molecule has 1 atom stereocenters. The van der Waals surface area contributed by atoms with E-state index in [4.69, 9.17) is 16.3 Å². The highest BCUT2D eigenvalue weighted by Gasteiger charge is 2.33. The number of thiophene rings is 1. The SMILES string of the molecule is O=C(C1CN(c2ncc(Cl)cc2F)CCO1)N1CCc2sccc2C1. The summed E-state index contributed by atoms with van der Waals surface area (Å²) in [6, 6.07) is 3.30. The van der Waals surface area contributed by atoms with Gasteiger partial charge < -0.3 is 14.5 Å². The Morgan fingerprint density at radius 1 is 1.44 bits per heavy atom. The second kappa shape index (κ2) is 6.90.